The average molecular weight is 450 g/mol. The van der Waals surface area contributed by atoms with Crippen molar-refractivity contribution >= 4 is 12.3 Å². The molecule has 0 aliphatic carbocycles. The summed E-state index contributed by atoms with van der Waals surface area (Å²) in [5.74, 6) is 2.23. The van der Waals surface area contributed by atoms with Gasteiger partial charge in [-0.15, -0.1) is 0 Å². The lowest BCUT2D eigenvalue weighted by Gasteiger charge is -2.14. The van der Waals surface area contributed by atoms with Gasteiger partial charge in [0.05, 0.1) is 21.3 Å². The number of benzene rings is 3. The van der Waals surface area contributed by atoms with Gasteiger partial charge in [0.15, 0.2) is 23.0 Å². The maximum absolute atomic E-state index is 11.2. The summed E-state index contributed by atoms with van der Waals surface area (Å²) < 4.78 is 27.3. The molecule has 0 saturated heterocycles. The Hall–Kier alpha value is -4.00. The van der Waals surface area contributed by atoms with Crippen molar-refractivity contribution in [3.63, 3.8) is 0 Å². The zero-order valence-corrected chi connectivity index (χ0v) is 19.0. The van der Waals surface area contributed by atoms with Crippen molar-refractivity contribution < 1.29 is 33.3 Å². The highest BCUT2D eigenvalue weighted by atomic mass is 16.6. The molecule has 0 aliphatic rings. The highest BCUT2D eigenvalue weighted by Crippen LogP contribution is 2.33. The van der Waals surface area contributed by atoms with Gasteiger partial charge in [0.2, 0.25) is 0 Å². The molecule has 172 valence electrons. The number of aldehydes is 1. The highest BCUT2D eigenvalue weighted by Gasteiger charge is 2.12. The number of hydrogen-bond donors (Lipinski definition) is 0. The molecule has 0 amide bonds. The summed E-state index contributed by atoms with van der Waals surface area (Å²) in [6.45, 7) is 1.61. The lowest BCUT2D eigenvalue weighted by Crippen LogP contribution is -2.04. The molecule has 0 fully saturated rings. The van der Waals surface area contributed by atoms with Crippen LogP contribution >= 0.6 is 0 Å². The van der Waals surface area contributed by atoms with E-state index < -0.39 is 5.97 Å². The van der Waals surface area contributed by atoms with Crippen LogP contribution in [0.2, 0.25) is 0 Å². The number of rotatable bonds is 10. The van der Waals surface area contributed by atoms with Gasteiger partial charge in [-0.05, 0) is 47.0 Å². The summed E-state index contributed by atoms with van der Waals surface area (Å²) >= 11 is 0. The highest BCUT2D eigenvalue weighted by molar-refractivity contribution is 5.76. The summed E-state index contributed by atoms with van der Waals surface area (Å²) in [5, 5.41) is 0. The molecule has 0 atom stereocenters. The van der Waals surface area contributed by atoms with Gasteiger partial charge in [0.25, 0.3) is 0 Å². The Morgan fingerprint density at radius 2 is 1.39 bits per heavy atom. The van der Waals surface area contributed by atoms with Crippen LogP contribution in [-0.2, 0) is 17.8 Å². The molecule has 3 aromatic rings. The molecule has 0 radical (unpaired) electrons. The smallest absolute Gasteiger partial charge is 0.308 e. The molecule has 7 heteroatoms. The van der Waals surface area contributed by atoms with Crippen LogP contribution in [0, 0.1) is 0 Å². The summed E-state index contributed by atoms with van der Waals surface area (Å²) in [5.41, 5.74) is 3.37. The van der Waals surface area contributed by atoms with E-state index in [2.05, 4.69) is 0 Å². The van der Waals surface area contributed by atoms with Crippen LogP contribution in [-0.4, -0.2) is 33.6 Å². The van der Waals surface area contributed by atoms with Crippen LogP contribution in [0.4, 0.5) is 0 Å². The largest absolute Gasteiger partial charge is 0.496 e. The summed E-state index contributed by atoms with van der Waals surface area (Å²) in [6.07, 6.45) is 1.40. The zero-order valence-electron chi connectivity index (χ0n) is 19.0. The molecule has 0 saturated carbocycles. The Bertz CT molecular complexity index is 1140. The van der Waals surface area contributed by atoms with Gasteiger partial charge < -0.3 is 23.7 Å². The van der Waals surface area contributed by atoms with E-state index in [1.165, 1.54) is 14.0 Å². The first-order chi connectivity index (χ1) is 16.0. The molecule has 0 N–H and O–H groups in total. The monoisotopic (exact) mass is 450 g/mol. The molecule has 3 rings (SSSR count). The first-order valence-corrected chi connectivity index (χ1v) is 10.2. The van der Waals surface area contributed by atoms with Gasteiger partial charge in [-0.25, -0.2) is 0 Å². The van der Waals surface area contributed by atoms with Crippen molar-refractivity contribution in [1.29, 1.82) is 0 Å². The van der Waals surface area contributed by atoms with Gasteiger partial charge in [-0.2, -0.15) is 0 Å². The Morgan fingerprint density at radius 1 is 0.758 bits per heavy atom. The summed E-state index contributed by atoms with van der Waals surface area (Å²) in [6, 6.07) is 16.3. The third kappa shape index (κ3) is 6.04. The van der Waals surface area contributed by atoms with Gasteiger partial charge in [0, 0.05) is 18.9 Å². The second-order valence-electron chi connectivity index (χ2n) is 7.22. The lowest BCUT2D eigenvalue weighted by atomic mass is 10.0. The SMILES string of the molecule is COc1cc(C=O)ccc1Cc1ccc(OCc2ccc(OC(C)=O)c(OC)c2)c(OC)c1. The fourth-order valence-corrected chi connectivity index (χ4v) is 3.34. The topological polar surface area (TPSA) is 80.3 Å². The van der Waals surface area contributed by atoms with E-state index in [0.29, 0.717) is 40.7 Å². The minimum absolute atomic E-state index is 0.271. The summed E-state index contributed by atoms with van der Waals surface area (Å²) in [7, 11) is 4.68. The van der Waals surface area contributed by atoms with E-state index in [0.717, 1.165) is 23.0 Å². The predicted molar refractivity (Wildman–Crippen MR) is 123 cm³/mol. The molecule has 3 aromatic carbocycles. The molecule has 0 aromatic heterocycles. The van der Waals surface area contributed by atoms with Crippen LogP contribution in [0.1, 0.15) is 34.0 Å². The fourth-order valence-electron chi connectivity index (χ4n) is 3.34. The molecule has 0 unspecified atom stereocenters. The van der Waals surface area contributed by atoms with Gasteiger partial charge in [-0.3, -0.25) is 9.59 Å². The first kappa shape index (κ1) is 23.7. The number of carbonyl (C=O) groups excluding carboxylic acids is 2. The minimum Gasteiger partial charge on any atom is -0.496 e. The zero-order chi connectivity index (χ0) is 23.8. The lowest BCUT2D eigenvalue weighted by molar-refractivity contribution is -0.132. The van der Waals surface area contributed by atoms with Gasteiger partial charge in [0.1, 0.15) is 18.6 Å². The van der Waals surface area contributed by atoms with Gasteiger partial charge >= 0.3 is 5.97 Å². The van der Waals surface area contributed by atoms with Crippen LogP contribution in [0.3, 0.4) is 0 Å². The van der Waals surface area contributed by atoms with Crippen molar-refractivity contribution in [2.75, 3.05) is 21.3 Å². The molecule has 0 heterocycles. The van der Waals surface area contributed by atoms with Crippen molar-refractivity contribution in [1.82, 2.24) is 0 Å². The fraction of sp³-hybridized carbons (Fsp3) is 0.231. The van der Waals surface area contributed by atoms with E-state index in [9.17, 15) is 9.59 Å². The normalized spacial score (nSPS) is 10.3. The second-order valence-corrected chi connectivity index (χ2v) is 7.22. The van der Waals surface area contributed by atoms with E-state index >= 15 is 0 Å². The maximum atomic E-state index is 11.2. The Kier molecular flexibility index (Phi) is 7.91. The molecular formula is C26H26O7. The quantitative estimate of drug-likeness (QED) is 0.253. The van der Waals surface area contributed by atoms with Crippen LogP contribution in [0.25, 0.3) is 0 Å². The maximum Gasteiger partial charge on any atom is 0.308 e. The number of ether oxygens (including phenoxy) is 5. The Balaban J connectivity index is 1.74. The standard InChI is InChI=1S/C26H26O7/c1-17(28)33-23-10-7-20(14-26(23)31-4)16-32-22-9-6-18(12-25(22)30-3)11-21-8-5-19(15-27)13-24(21)29-2/h5-10,12-15H,11,16H2,1-4H3. The van der Waals surface area contributed by atoms with Crippen LogP contribution < -0.4 is 23.7 Å². The second kappa shape index (κ2) is 11.0. The molecule has 0 spiro atoms. The first-order valence-electron chi connectivity index (χ1n) is 10.2. The third-order valence-corrected chi connectivity index (χ3v) is 4.95. The Morgan fingerprint density at radius 3 is 2.06 bits per heavy atom. The summed E-state index contributed by atoms with van der Waals surface area (Å²) in [4.78, 5) is 22.2. The van der Waals surface area contributed by atoms with E-state index in [4.69, 9.17) is 23.7 Å². The van der Waals surface area contributed by atoms with Crippen LogP contribution in [0.5, 0.6) is 28.7 Å². The van der Waals surface area contributed by atoms with Crippen molar-refractivity contribution in [3.8, 4) is 28.7 Å². The number of carbonyl (C=O) groups is 2. The minimum atomic E-state index is -0.417. The molecule has 7 nitrogen and oxygen atoms in total. The van der Waals surface area contributed by atoms with Gasteiger partial charge in [-0.1, -0.05) is 24.3 Å². The number of methoxy groups -OCH3 is 3. The van der Waals surface area contributed by atoms with E-state index in [1.54, 1.807) is 44.6 Å². The Labute approximate surface area is 192 Å². The molecule has 33 heavy (non-hydrogen) atoms. The predicted octanol–water partition coefficient (Wildman–Crippen LogP) is 4.62. The molecule has 0 bridgehead atoms. The third-order valence-electron chi connectivity index (χ3n) is 4.95. The van der Waals surface area contributed by atoms with Crippen molar-refractivity contribution in [2.45, 2.75) is 20.0 Å². The van der Waals surface area contributed by atoms with Crippen molar-refractivity contribution in [3.05, 3.63) is 76.9 Å². The van der Waals surface area contributed by atoms with Crippen LogP contribution in [0.15, 0.2) is 54.6 Å². The average Bonchev–Trinajstić information content (AvgIpc) is 2.83. The van der Waals surface area contributed by atoms with E-state index in [1.807, 2.05) is 24.3 Å². The van der Waals surface area contributed by atoms with E-state index in [-0.39, 0.29) is 6.61 Å². The number of esters is 1. The molecule has 0 aliphatic heterocycles. The number of hydrogen-bond acceptors (Lipinski definition) is 7. The van der Waals surface area contributed by atoms with Crippen molar-refractivity contribution in [2.24, 2.45) is 0 Å². The molecular weight excluding hydrogens is 424 g/mol.